The SMILES string of the molecule is CCCC[C@H](C)C[C@H](O)C=C[C@@H]1[C@H]2CC(COCCCN3CCCCC3)=C[C@H]2C[C@H]1O. The first-order valence-corrected chi connectivity index (χ1v) is 13.1. The Bertz CT molecular complexity index is 569. The highest BCUT2D eigenvalue weighted by molar-refractivity contribution is 5.21. The third-order valence-electron chi connectivity index (χ3n) is 7.70. The lowest BCUT2D eigenvalue weighted by molar-refractivity contribution is 0.126. The van der Waals surface area contributed by atoms with Crippen LogP contribution in [0.15, 0.2) is 23.8 Å². The minimum absolute atomic E-state index is 0.165. The lowest BCUT2D eigenvalue weighted by Gasteiger charge is -2.26. The highest BCUT2D eigenvalue weighted by Crippen LogP contribution is 2.47. The molecule has 0 radical (unpaired) electrons. The number of rotatable bonds is 13. The number of aliphatic hydroxyl groups is 2. The van der Waals surface area contributed by atoms with Crippen LogP contribution >= 0.6 is 0 Å². The molecule has 0 amide bonds. The molecule has 0 aromatic heterocycles. The van der Waals surface area contributed by atoms with E-state index in [0.29, 0.717) is 17.8 Å². The van der Waals surface area contributed by atoms with Gasteiger partial charge in [0.05, 0.1) is 18.8 Å². The van der Waals surface area contributed by atoms with Crippen LogP contribution in [0.5, 0.6) is 0 Å². The van der Waals surface area contributed by atoms with E-state index in [1.807, 2.05) is 6.08 Å². The van der Waals surface area contributed by atoms with Gasteiger partial charge >= 0.3 is 0 Å². The second kappa shape index (κ2) is 13.1. The average Bonchev–Trinajstić information content (AvgIpc) is 3.27. The molecule has 1 aliphatic heterocycles. The lowest BCUT2D eigenvalue weighted by Crippen LogP contribution is -2.31. The van der Waals surface area contributed by atoms with Crippen LogP contribution in [0.3, 0.4) is 0 Å². The molecule has 1 saturated carbocycles. The van der Waals surface area contributed by atoms with Crippen LogP contribution in [0, 0.1) is 23.7 Å². The molecule has 3 rings (SSSR count). The molecule has 1 saturated heterocycles. The molecule has 4 nitrogen and oxygen atoms in total. The molecule has 0 spiro atoms. The number of allylic oxidation sites excluding steroid dienone is 1. The molecule has 3 aliphatic rings. The first-order valence-electron chi connectivity index (χ1n) is 13.1. The fourth-order valence-corrected chi connectivity index (χ4v) is 5.91. The number of likely N-dealkylation sites (tertiary alicyclic amines) is 1. The predicted molar refractivity (Wildman–Crippen MR) is 128 cm³/mol. The Balaban J connectivity index is 1.35. The van der Waals surface area contributed by atoms with Gasteiger partial charge in [0, 0.05) is 19.1 Å². The molecule has 178 valence electrons. The second-order valence-electron chi connectivity index (χ2n) is 10.5. The van der Waals surface area contributed by atoms with Crippen LogP contribution in [0.25, 0.3) is 0 Å². The fraction of sp³-hybridized carbons (Fsp3) is 0.852. The number of hydrogen-bond donors (Lipinski definition) is 2. The number of unbranched alkanes of at least 4 members (excludes halogenated alkanes) is 1. The summed E-state index contributed by atoms with van der Waals surface area (Å²) < 4.78 is 5.99. The number of ether oxygens (including phenoxy) is 1. The van der Waals surface area contributed by atoms with Crippen LogP contribution in [0.4, 0.5) is 0 Å². The molecular formula is C27H47NO3. The predicted octanol–water partition coefficient (Wildman–Crippen LogP) is 4.96. The third kappa shape index (κ3) is 7.99. The number of piperidine rings is 1. The average molecular weight is 434 g/mol. The maximum Gasteiger partial charge on any atom is 0.0723 e. The fourth-order valence-electron chi connectivity index (χ4n) is 5.91. The summed E-state index contributed by atoms with van der Waals surface area (Å²) in [5.41, 5.74) is 1.41. The van der Waals surface area contributed by atoms with Gasteiger partial charge in [-0.25, -0.2) is 0 Å². The van der Waals surface area contributed by atoms with E-state index in [1.165, 1.54) is 63.7 Å². The Morgan fingerprint density at radius 1 is 1.23 bits per heavy atom. The van der Waals surface area contributed by atoms with Crippen LogP contribution in [0.2, 0.25) is 0 Å². The molecule has 0 aromatic rings. The maximum absolute atomic E-state index is 10.6. The van der Waals surface area contributed by atoms with E-state index < -0.39 is 6.10 Å². The van der Waals surface area contributed by atoms with Crippen molar-refractivity contribution < 1.29 is 14.9 Å². The molecular weight excluding hydrogens is 386 g/mol. The molecule has 4 heteroatoms. The van der Waals surface area contributed by atoms with Gasteiger partial charge in [-0.05, 0) is 74.9 Å². The van der Waals surface area contributed by atoms with E-state index in [9.17, 15) is 10.2 Å². The van der Waals surface area contributed by atoms with Crippen molar-refractivity contribution in [1.82, 2.24) is 4.90 Å². The maximum atomic E-state index is 10.6. The third-order valence-corrected chi connectivity index (χ3v) is 7.70. The molecule has 0 bridgehead atoms. The van der Waals surface area contributed by atoms with Crippen molar-refractivity contribution in [3.8, 4) is 0 Å². The van der Waals surface area contributed by atoms with Crippen LogP contribution in [0.1, 0.15) is 78.1 Å². The minimum Gasteiger partial charge on any atom is -0.392 e. The smallest absolute Gasteiger partial charge is 0.0723 e. The lowest BCUT2D eigenvalue weighted by atomic mass is 9.88. The van der Waals surface area contributed by atoms with Crippen molar-refractivity contribution in [2.24, 2.45) is 23.7 Å². The standard InChI is InChI=1S/C27H47NO3/c1-3-4-9-21(2)16-24(29)10-11-25-26-18-22(17-23(26)19-27(25)30)20-31-15-8-14-28-12-6-5-7-13-28/h10-11,17,21,23-27,29-30H,3-9,12-16,18-20H2,1-2H3/t21-,23-,24+,25+,26-,27+/m0/s1. The summed E-state index contributed by atoms with van der Waals surface area (Å²) in [5, 5.41) is 21.0. The molecule has 0 unspecified atom stereocenters. The molecule has 1 heterocycles. The zero-order chi connectivity index (χ0) is 22.1. The van der Waals surface area contributed by atoms with E-state index in [0.717, 1.165) is 38.9 Å². The molecule has 0 aromatic carbocycles. The zero-order valence-corrected chi connectivity index (χ0v) is 20.1. The molecule has 2 aliphatic carbocycles. The Hall–Kier alpha value is -0.680. The Labute approximate surface area is 190 Å². The van der Waals surface area contributed by atoms with Crippen molar-refractivity contribution in [2.45, 2.75) is 90.3 Å². The molecule has 6 atom stereocenters. The normalized spacial score (nSPS) is 31.2. The van der Waals surface area contributed by atoms with E-state index in [4.69, 9.17) is 4.74 Å². The van der Waals surface area contributed by atoms with Crippen molar-refractivity contribution in [3.05, 3.63) is 23.8 Å². The van der Waals surface area contributed by atoms with Gasteiger partial charge in [-0.3, -0.25) is 0 Å². The summed E-state index contributed by atoms with van der Waals surface area (Å²) in [6.07, 6.45) is 17.3. The summed E-state index contributed by atoms with van der Waals surface area (Å²) in [5.74, 6) is 1.66. The number of fused-ring (bicyclic) bond motifs is 1. The van der Waals surface area contributed by atoms with Gasteiger partial charge in [-0.2, -0.15) is 0 Å². The van der Waals surface area contributed by atoms with Gasteiger partial charge in [0.25, 0.3) is 0 Å². The molecule has 2 fully saturated rings. The molecule has 31 heavy (non-hydrogen) atoms. The van der Waals surface area contributed by atoms with Gasteiger partial charge in [0.2, 0.25) is 0 Å². The summed E-state index contributed by atoms with van der Waals surface area (Å²) in [7, 11) is 0. The van der Waals surface area contributed by atoms with Crippen LogP contribution < -0.4 is 0 Å². The van der Waals surface area contributed by atoms with Crippen molar-refractivity contribution in [2.75, 3.05) is 32.8 Å². The van der Waals surface area contributed by atoms with Crippen molar-refractivity contribution >= 4 is 0 Å². The van der Waals surface area contributed by atoms with Gasteiger partial charge in [-0.15, -0.1) is 0 Å². The van der Waals surface area contributed by atoms with Gasteiger partial charge < -0.3 is 19.8 Å². The first kappa shape index (κ1) is 25.0. The van der Waals surface area contributed by atoms with E-state index in [2.05, 4.69) is 30.9 Å². The van der Waals surface area contributed by atoms with Gasteiger partial charge in [0.1, 0.15) is 0 Å². The van der Waals surface area contributed by atoms with E-state index in [-0.39, 0.29) is 12.0 Å². The largest absolute Gasteiger partial charge is 0.392 e. The Kier molecular flexibility index (Phi) is 10.6. The number of hydrogen-bond acceptors (Lipinski definition) is 4. The van der Waals surface area contributed by atoms with Crippen molar-refractivity contribution in [3.63, 3.8) is 0 Å². The highest BCUT2D eigenvalue weighted by Gasteiger charge is 2.43. The van der Waals surface area contributed by atoms with Gasteiger partial charge in [0.15, 0.2) is 0 Å². The second-order valence-corrected chi connectivity index (χ2v) is 10.5. The zero-order valence-electron chi connectivity index (χ0n) is 20.1. The number of nitrogens with zero attached hydrogens (tertiary/aromatic N) is 1. The van der Waals surface area contributed by atoms with Crippen molar-refractivity contribution in [1.29, 1.82) is 0 Å². The monoisotopic (exact) mass is 433 g/mol. The molecule has 2 N–H and O–H groups in total. The van der Waals surface area contributed by atoms with Crippen LogP contribution in [-0.2, 0) is 4.74 Å². The Morgan fingerprint density at radius 2 is 2.03 bits per heavy atom. The van der Waals surface area contributed by atoms with Gasteiger partial charge in [-0.1, -0.05) is 57.8 Å². The van der Waals surface area contributed by atoms with E-state index >= 15 is 0 Å². The highest BCUT2D eigenvalue weighted by atomic mass is 16.5. The first-order chi connectivity index (χ1) is 15.1. The summed E-state index contributed by atoms with van der Waals surface area (Å²) >= 11 is 0. The summed E-state index contributed by atoms with van der Waals surface area (Å²) in [4.78, 5) is 2.57. The summed E-state index contributed by atoms with van der Waals surface area (Å²) in [6, 6.07) is 0. The topological polar surface area (TPSA) is 52.9 Å². The van der Waals surface area contributed by atoms with Crippen LogP contribution in [-0.4, -0.2) is 60.2 Å². The minimum atomic E-state index is -0.393. The number of aliphatic hydroxyl groups excluding tert-OH is 2. The summed E-state index contributed by atoms with van der Waals surface area (Å²) in [6.45, 7) is 9.73. The quantitative estimate of drug-likeness (QED) is 0.318. The van der Waals surface area contributed by atoms with E-state index in [1.54, 1.807) is 0 Å². The Morgan fingerprint density at radius 3 is 2.81 bits per heavy atom.